The number of nitrogens with one attached hydrogen (secondary N) is 1. The van der Waals surface area contributed by atoms with E-state index in [4.69, 9.17) is 4.42 Å². The summed E-state index contributed by atoms with van der Waals surface area (Å²) in [5.41, 5.74) is 2.52. The van der Waals surface area contributed by atoms with Crippen molar-refractivity contribution in [3.05, 3.63) is 46.9 Å². The van der Waals surface area contributed by atoms with Gasteiger partial charge in [0, 0.05) is 32.7 Å². The van der Waals surface area contributed by atoms with E-state index in [1.165, 1.54) is 4.68 Å². The Morgan fingerprint density at radius 2 is 2.08 bits per heavy atom. The first-order chi connectivity index (χ1) is 12.2. The molecule has 1 saturated heterocycles. The molecular formula is C18H21N5O2. The first-order valence-electron chi connectivity index (χ1n) is 8.57. The van der Waals surface area contributed by atoms with E-state index in [1.54, 1.807) is 19.3 Å². The van der Waals surface area contributed by atoms with Gasteiger partial charge in [-0.1, -0.05) is 12.1 Å². The number of benzene rings is 1. The minimum atomic E-state index is -0.0720. The van der Waals surface area contributed by atoms with E-state index in [1.807, 2.05) is 24.3 Å². The summed E-state index contributed by atoms with van der Waals surface area (Å²) >= 11 is 0. The number of oxazole rings is 1. The Hall–Kier alpha value is -2.83. The Kier molecular flexibility index (Phi) is 4.13. The average Bonchev–Trinajstić information content (AvgIpc) is 3.06. The average molecular weight is 339 g/mol. The lowest BCUT2D eigenvalue weighted by Gasteiger charge is -2.33. The van der Waals surface area contributed by atoms with Gasteiger partial charge in [-0.25, -0.2) is 4.68 Å². The van der Waals surface area contributed by atoms with Gasteiger partial charge in [-0.3, -0.25) is 4.79 Å². The molecule has 2 aromatic heterocycles. The summed E-state index contributed by atoms with van der Waals surface area (Å²) in [7, 11) is 1.66. The molecule has 0 spiro atoms. The summed E-state index contributed by atoms with van der Waals surface area (Å²) in [5, 5.41) is 7.41. The van der Waals surface area contributed by atoms with E-state index in [-0.39, 0.29) is 5.56 Å². The summed E-state index contributed by atoms with van der Waals surface area (Å²) < 4.78 is 7.04. The quantitative estimate of drug-likeness (QED) is 0.786. The molecule has 4 rings (SSSR count). The highest BCUT2D eigenvalue weighted by Gasteiger charge is 2.20. The highest BCUT2D eigenvalue weighted by Crippen LogP contribution is 2.23. The molecule has 0 amide bonds. The van der Waals surface area contributed by atoms with Gasteiger partial charge < -0.3 is 14.6 Å². The van der Waals surface area contributed by atoms with Gasteiger partial charge in [-0.2, -0.15) is 10.1 Å². The molecular weight excluding hydrogens is 318 g/mol. The van der Waals surface area contributed by atoms with Crippen molar-refractivity contribution in [2.75, 3.05) is 29.9 Å². The van der Waals surface area contributed by atoms with E-state index in [9.17, 15) is 4.79 Å². The van der Waals surface area contributed by atoms with Crippen LogP contribution in [0.1, 0.15) is 12.8 Å². The van der Waals surface area contributed by atoms with Gasteiger partial charge in [0.25, 0.3) is 11.6 Å². The van der Waals surface area contributed by atoms with Gasteiger partial charge in [0.05, 0.1) is 11.9 Å². The van der Waals surface area contributed by atoms with Crippen molar-refractivity contribution in [2.45, 2.75) is 12.8 Å². The molecule has 1 aromatic carbocycles. The minimum Gasteiger partial charge on any atom is -0.424 e. The van der Waals surface area contributed by atoms with Crippen LogP contribution in [0.5, 0.6) is 0 Å². The first-order valence-corrected chi connectivity index (χ1v) is 8.57. The molecule has 1 fully saturated rings. The van der Waals surface area contributed by atoms with Crippen LogP contribution in [0.2, 0.25) is 0 Å². The Bertz CT molecular complexity index is 891. The number of anilines is 2. The van der Waals surface area contributed by atoms with Crippen LogP contribution < -0.4 is 15.8 Å². The van der Waals surface area contributed by atoms with E-state index in [2.05, 4.69) is 20.3 Å². The maximum atomic E-state index is 11.7. The molecule has 1 N–H and O–H groups in total. The summed E-state index contributed by atoms with van der Waals surface area (Å²) in [5.74, 6) is 0.561. The first kappa shape index (κ1) is 15.7. The van der Waals surface area contributed by atoms with Crippen LogP contribution in [0.15, 0.2) is 45.7 Å². The zero-order chi connectivity index (χ0) is 17.2. The number of aromatic nitrogens is 3. The van der Waals surface area contributed by atoms with E-state index in [0.29, 0.717) is 11.9 Å². The van der Waals surface area contributed by atoms with Crippen LogP contribution in [0, 0.1) is 5.92 Å². The van der Waals surface area contributed by atoms with Crippen molar-refractivity contribution >= 4 is 22.8 Å². The number of fused-ring (bicyclic) bond motifs is 1. The van der Waals surface area contributed by atoms with Gasteiger partial charge in [0.1, 0.15) is 5.52 Å². The van der Waals surface area contributed by atoms with Crippen LogP contribution in [0.25, 0.3) is 11.1 Å². The number of aryl methyl sites for hydroxylation is 1. The third-order valence-electron chi connectivity index (χ3n) is 4.77. The summed E-state index contributed by atoms with van der Waals surface area (Å²) in [6, 6.07) is 10.0. The monoisotopic (exact) mass is 339 g/mol. The molecule has 3 aromatic rings. The molecule has 7 nitrogen and oxygen atoms in total. The van der Waals surface area contributed by atoms with Gasteiger partial charge in [-0.15, -0.1) is 0 Å². The van der Waals surface area contributed by atoms with Crippen LogP contribution in [0.4, 0.5) is 11.7 Å². The second kappa shape index (κ2) is 6.58. The highest BCUT2D eigenvalue weighted by molar-refractivity contribution is 5.74. The fraction of sp³-hybridized carbons (Fsp3) is 0.389. The topological polar surface area (TPSA) is 76.2 Å². The number of para-hydroxylation sites is 2. The maximum Gasteiger partial charge on any atom is 0.295 e. The molecule has 1 aliphatic rings. The zero-order valence-corrected chi connectivity index (χ0v) is 14.2. The molecule has 0 radical (unpaired) electrons. The molecule has 3 heterocycles. The fourth-order valence-electron chi connectivity index (χ4n) is 3.21. The number of nitrogens with zero attached hydrogens (tertiary/aromatic N) is 4. The smallest absolute Gasteiger partial charge is 0.295 e. The van der Waals surface area contributed by atoms with Gasteiger partial charge in [-0.05, 0) is 30.9 Å². The number of piperidine rings is 1. The highest BCUT2D eigenvalue weighted by atomic mass is 16.4. The van der Waals surface area contributed by atoms with Crippen molar-refractivity contribution in [3.8, 4) is 0 Å². The van der Waals surface area contributed by atoms with E-state index in [0.717, 1.165) is 49.3 Å². The SMILES string of the molecule is Cn1ncc(N2CCC(CNc3nc4ccccc4o3)CC2)cc1=O. The van der Waals surface area contributed by atoms with Gasteiger partial charge in [0.15, 0.2) is 5.58 Å². The molecule has 0 unspecified atom stereocenters. The molecule has 0 saturated carbocycles. The van der Waals surface area contributed by atoms with E-state index >= 15 is 0 Å². The lowest BCUT2D eigenvalue weighted by Crippen LogP contribution is -2.36. The predicted octanol–water partition coefficient (Wildman–Crippen LogP) is 2.25. The molecule has 1 aliphatic heterocycles. The largest absolute Gasteiger partial charge is 0.424 e. The fourth-order valence-corrected chi connectivity index (χ4v) is 3.21. The second-order valence-corrected chi connectivity index (χ2v) is 6.47. The Balaban J connectivity index is 1.32. The third kappa shape index (κ3) is 3.35. The van der Waals surface area contributed by atoms with Crippen LogP contribution in [0.3, 0.4) is 0 Å². The molecule has 7 heteroatoms. The van der Waals surface area contributed by atoms with Crippen LogP contribution in [-0.4, -0.2) is 34.4 Å². The van der Waals surface area contributed by atoms with Crippen LogP contribution in [-0.2, 0) is 7.05 Å². The molecule has 25 heavy (non-hydrogen) atoms. The van der Waals surface area contributed by atoms with E-state index < -0.39 is 0 Å². The van der Waals surface area contributed by atoms with Crippen LogP contribution >= 0.6 is 0 Å². The van der Waals surface area contributed by atoms with Gasteiger partial charge in [0.2, 0.25) is 0 Å². The zero-order valence-electron chi connectivity index (χ0n) is 14.2. The summed E-state index contributed by atoms with van der Waals surface area (Å²) in [6.07, 6.45) is 3.88. The second-order valence-electron chi connectivity index (χ2n) is 6.47. The molecule has 0 aliphatic carbocycles. The van der Waals surface area contributed by atoms with Gasteiger partial charge >= 0.3 is 0 Å². The molecule has 130 valence electrons. The Morgan fingerprint density at radius 3 is 2.84 bits per heavy atom. The Morgan fingerprint density at radius 1 is 1.28 bits per heavy atom. The predicted molar refractivity (Wildman–Crippen MR) is 96.9 cm³/mol. The standard InChI is InChI=1S/C18H21N5O2/c1-22-17(24)10-14(12-20-22)23-8-6-13(7-9-23)11-19-18-21-15-4-2-3-5-16(15)25-18/h2-5,10,12-13H,6-9,11H2,1H3,(H,19,21). The lowest BCUT2D eigenvalue weighted by atomic mass is 9.96. The number of hydrogen-bond acceptors (Lipinski definition) is 6. The number of rotatable bonds is 4. The minimum absolute atomic E-state index is 0.0720. The Labute approximate surface area is 145 Å². The number of hydrogen-bond donors (Lipinski definition) is 1. The normalized spacial score (nSPS) is 15.6. The van der Waals surface area contributed by atoms with Crippen molar-refractivity contribution in [1.29, 1.82) is 0 Å². The molecule has 0 atom stereocenters. The molecule has 0 bridgehead atoms. The summed E-state index contributed by atoms with van der Waals surface area (Å²) in [4.78, 5) is 18.4. The third-order valence-corrected chi connectivity index (χ3v) is 4.77. The van der Waals surface area contributed by atoms with Crippen molar-refractivity contribution in [3.63, 3.8) is 0 Å². The van der Waals surface area contributed by atoms with Crippen molar-refractivity contribution in [1.82, 2.24) is 14.8 Å². The maximum absolute atomic E-state index is 11.7. The lowest BCUT2D eigenvalue weighted by molar-refractivity contribution is 0.419. The van der Waals surface area contributed by atoms with Crippen molar-refractivity contribution in [2.24, 2.45) is 13.0 Å². The van der Waals surface area contributed by atoms with Crippen molar-refractivity contribution < 1.29 is 4.42 Å². The summed E-state index contributed by atoms with van der Waals surface area (Å²) in [6.45, 7) is 2.69.